The second-order valence-electron chi connectivity index (χ2n) is 5.43. The van der Waals surface area contributed by atoms with Crippen molar-refractivity contribution in [1.29, 1.82) is 0 Å². The average Bonchev–Trinajstić information content (AvgIpc) is 2.64. The number of allylic oxidation sites excluding steroid dienone is 1. The molecule has 0 spiro atoms. The average molecular weight is 245 g/mol. The summed E-state index contributed by atoms with van der Waals surface area (Å²) in [6, 6.07) is 0.177. The predicted molar refractivity (Wildman–Crippen MR) is 69.4 cm³/mol. The number of carbonyl (C=O) groups is 1. The van der Waals surface area contributed by atoms with Crippen LogP contribution in [-0.2, 0) is 4.74 Å². The summed E-state index contributed by atoms with van der Waals surface area (Å²) < 4.78 is 5.38. The van der Waals surface area contributed by atoms with Gasteiger partial charge in [-0.3, -0.25) is 0 Å². The van der Waals surface area contributed by atoms with E-state index < -0.39 is 5.60 Å². The summed E-state index contributed by atoms with van der Waals surface area (Å²) in [4.78, 5) is 13.7. The molecule has 1 aliphatic rings. The molecule has 3 nitrogen and oxygen atoms in total. The fraction of sp³-hybridized carbons (Fsp3) is 0.714. The summed E-state index contributed by atoms with van der Waals surface area (Å²) in [6.07, 6.45) is 8.19. The van der Waals surface area contributed by atoms with Gasteiger partial charge in [0.2, 0.25) is 0 Å². The summed E-state index contributed by atoms with van der Waals surface area (Å²) in [7, 11) is 0. The van der Waals surface area contributed by atoms with Gasteiger partial charge in [-0.2, -0.15) is 6.42 Å². The van der Waals surface area contributed by atoms with Gasteiger partial charge in [0.05, 0.1) is 0 Å². The molecule has 1 heterocycles. The first kappa shape index (κ1) is 17.6. The van der Waals surface area contributed by atoms with Crippen LogP contribution in [0.5, 0.6) is 0 Å². The molecule has 0 saturated carbocycles. The van der Waals surface area contributed by atoms with Crippen LogP contribution in [0.3, 0.4) is 0 Å². The van der Waals surface area contributed by atoms with Crippen LogP contribution in [0.15, 0.2) is 12.2 Å². The third-order valence-electron chi connectivity index (χ3n) is 2.56. The maximum atomic E-state index is 11.9. The number of nitrogens with zero attached hydrogens (tertiary/aromatic N) is 1. The zero-order chi connectivity index (χ0) is 12.9. The Morgan fingerprint density at radius 1 is 1.50 bits per heavy atom. The molecule has 0 aromatic heterocycles. The summed E-state index contributed by atoms with van der Waals surface area (Å²) >= 11 is 0. The van der Waals surface area contributed by atoms with E-state index in [0.717, 1.165) is 25.7 Å². The smallest absolute Gasteiger partial charge is 0.452 e. The van der Waals surface area contributed by atoms with E-state index in [0.29, 0.717) is 0 Å². The number of amides is 1. The molecular weight excluding hydrogens is 221 g/mol. The minimum Gasteiger partial charge on any atom is -0.452 e. The monoisotopic (exact) mass is 245 g/mol. The molecule has 1 atom stereocenters. The van der Waals surface area contributed by atoms with E-state index in [9.17, 15) is 4.79 Å². The van der Waals surface area contributed by atoms with Crippen LogP contribution in [0, 0.1) is 6.54 Å². The quantitative estimate of drug-likeness (QED) is 0.420. The summed E-state index contributed by atoms with van der Waals surface area (Å²) in [5.41, 5.74) is -0.425. The second-order valence-corrected chi connectivity index (χ2v) is 5.43. The number of unbranched alkanes of at least 4 members (excludes halogenated alkanes) is 1. The molecule has 0 N–H and O–H groups in total. The van der Waals surface area contributed by atoms with Crippen LogP contribution >= 0.6 is 0 Å². The van der Waals surface area contributed by atoms with Crippen molar-refractivity contribution in [3.8, 4) is 0 Å². The number of hydrogen-bond donors (Lipinski definition) is 0. The first-order valence-electron chi connectivity index (χ1n) is 6.45. The molecule has 18 heavy (non-hydrogen) atoms. The van der Waals surface area contributed by atoms with Gasteiger partial charge in [-0.1, -0.05) is 31.9 Å². The Bertz CT molecular complexity index is 284. The van der Waals surface area contributed by atoms with Gasteiger partial charge in [0.25, 0.3) is 0 Å². The number of likely N-dealkylation sites (tertiary alicyclic amines) is 1. The standard InChI is InChI=1S/C14H24NO2.Li/c1-5-6-7-9-12-10-8-11-15(12)13(16)17-14(2,3)4;/h7,9,11-12H,5-6,8,10H2,1-4H3;/q-1;+1/b9-7+;. The molecule has 1 unspecified atom stereocenters. The van der Waals surface area contributed by atoms with Gasteiger partial charge in [-0.25, -0.2) is 11.3 Å². The van der Waals surface area contributed by atoms with Gasteiger partial charge < -0.3 is 9.64 Å². The van der Waals surface area contributed by atoms with Crippen LogP contribution in [0.2, 0.25) is 0 Å². The maximum absolute atomic E-state index is 11.9. The fourth-order valence-corrected chi connectivity index (χ4v) is 1.79. The van der Waals surface area contributed by atoms with E-state index in [1.54, 1.807) is 4.90 Å². The summed E-state index contributed by atoms with van der Waals surface area (Å²) in [5.74, 6) is 0. The molecule has 0 aliphatic carbocycles. The molecule has 0 radical (unpaired) electrons. The topological polar surface area (TPSA) is 29.5 Å². The number of rotatable bonds is 3. The first-order valence-corrected chi connectivity index (χ1v) is 6.45. The molecule has 98 valence electrons. The van der Waals surface area contributed by atoms with Crippen molar-refractivity contribution < 1.29 is 28.4 Å². The van der Waals surface area contributed by atoms with E-state index >= 15 is 0 Å². The van der Waals surface area contributed by atoms with Gasteiger partial charge in [-0.15, -0.1) is 0 Å². The Balaban J connectivity index is 0.00000289. The van der Waals surface area contributed by atoms with Crippen molar-refractivity contribution in [3.05, 3.63) is 18.7 Å². The van der Waals surface area contributed by atoms with Crippen molar-refractivity contribution in [1.82, 2.24) is 4.90 Å². The van der Waals surface area contributed by atoms with Gasteiger partial charge >= 0.3 is 25.0 Å². The molecule has 0 aromatic carbocycles. The molecule has 1 fully saturated rings. The van der Waals surface area contributed by atoms with Gasteiger partial charge in [0, 0.05) is 6.04 Å². The van der Waals surface area contributed by atoms with E-state index in [2.05, 4.69) is 19.1 Å². The maximum Gasteiger partial charge on any atom is 1.00 e. The molecular formula is C14H24LiNO2. The molecule has 1 rings (SSSR count). The molecule has 0 aromatic rings. The number of hydrogen-bond acceptors (Lipinski definition) is 2. The number of ether oxygens (including phenoxy) is 1. The van der Waals surface area contributed by atoms with Gasteiger partial charge in [-0.05, 0) is 27.2 Å². The summed E-state index contributed by atoms with van der Waals surface area (Å²) in [5, 5.41) is 0. The van der Waals surface area contributed by atoms with Crippen LogP contribution < -0.4 is 18.9 Å². The molecule has 4 heteroatoms. The SMILES string of the molecule is CCC/C=C/C1CC[CH-]N1C(=O)OC(C)(C)C.[Li+]. The summed E-state index contributed by atoms with van der Waals surface area (Å²) in [6.45, 7) is 9.76. The third kappa shape index (κ3) is 5.98. The van der Waals surface area contributed by atoms with Crippen LogP contribution in [0.25, 0.3) is 0 Å². The fourth-order valence-electron chi connectivity index (χ4n) is 1.79. The van der Waals surface area contributed by atoms with E-state index in [4.69, 9.17) is 4.74 Å². The first-order chi connectivity index (χ1) is 7.94. The van der Waals surface area contributed by atoms with Crippen LogP contribution in [-0.4, -0.2) is 22.6 Å². The van der Waals surface area contributed by atoms with E-state index in [1.807, 2.05) is 27.3 Å². The second kappa shape index (κ2) is 7.92. The molecule has 1 aliphatic heterocycles. The minimum absolute atomic E-state index is 0. The molecule has 1 saturated heterocycles. The van der Waals surface area contributed by atoms with E-state index in [-0.39, 0.29) is 31.0 Å². The Labute approximate surface area is 123 Å². The largest absolute Gasteiger partial charge is 1.00 e. The van der Waals surface area contributed by atoms with Crippen LogP contribution in [0.4, 0.5) is 4.79 Å². The van der Waals surface area contributed by atoms with Crippen LogP contribution in [0.1, 0.15) is 53.4 Å². The van der Waals surface area contributed by atoms with Crippen molar-refractivity contribution in [3.63, 3.8) is 0 Å². The Hall–Kier alpha value is -0.393. The molecule has 1 amide bonds. The van der Waals surface area contributed by atoms with Crippen molar-refractivity contribution in [2.24, 2.45) is 0 Å². The Kier molecular flexibility index (Phi) is 7.74. The zero-order valence-corrected chi connectivity index (χ0v) is 12.4. The Morgan fingerprint density at radius 2 is 2.17 bits per heavy atom. The minimum atomic E-state index is -0.425. The van der Waals surface area contributed by atoms with Gasteiger partial charge in [0.15, 0.2) is 0 Å². The number of carbonyl (C=O) groups excluding carboxylic acids is 1. The van der Waals surface area contributed by atoms with Crippen molar-refractivity contribution in [2.45, 2.75) is 65.0 Å². The van der Waals surface area contributed by atoms with E-state index in [1.165, 1.54) is 0 Å². The zero-order valence-electron chi connectivity index (χ0n) is 12.4. The predicted octanol–water partition coefficient (Wildman–Crippen LogP) is 0.908. The van der Waals surface area contributed by atoms with Crippen molar-refractivity contribution >= 4 is 6.09 Å². The Morgan fingerprint density at radius 3 is 2.72 bits per heavy atom. The van der Waals surface area contributed by atoms with Gasteiger partial charge in [0.1, 0.15) is 5.60 Å². The van der Waals surface area contributed by atoms with Crippen molar-refractivity contribution in [2.75, 3.05) is 0 Å². The normalized spacial score (nSPS) is 20.0. The third-order valence-corrected chi connectivity index (χ3v) is 2.56. The molecule has 0 bridgehead atoms.